The van der Waals surface area contributed by atoms with Gasteiger partial charge in [-0.05, 0) is 68.1 Å². The number of carbonyl (C=O) groups is 2. The van der Waals surface area contributed by atoms with E-state index in [9.17, 15) is 18.0 Å². The second kappa shape index (κ2) is 11.0. The van der Waals surface area contributed by atoms with Crippen LogP contribution in [0.4, 0.5) is 11.4 Å². The van der Waals surface area contributed by atoms with Crippen molar-refractivity contribution in [1.29, 1.82) is 0 Å². The first kappa shape index (κ1) is 25.4. The number of para-hydroxylation sites is 2. The maximum atomic E-state index is 13.1. The van der Waals surface area contributed by atoms with Gasteiger partial charge in [-0.1, -0.05) is 55.7 Å². The van der Waals surface area contributed by atoms with E-state index in [-0.39, 0.29) is 22.4 Å². The topological polar surface area (TPSA) is 104 Å². The molecule has 1 fully saturated rings. The maximum Gasteiger partial charge on any atom is 0.262 e. The number of sulfonamides is 1. The molecule has 3 aromatic rings. The zero-order chi connectivity index (χ0) is 25.7. The van der Waals surface area contributed by atoms with Crippen LogP contribution >= 0.6 is 0 Å². The Hall–Kier alpha value is -3.65. The summed E-state index contributed by atoms with van der Waals surface area (Å²) in [6.45, 7) is 3.50. The molecule has 0 aromatic heterocycles. The first-order valence-corrected chi connectivity index (χ1v) is 13.6. The van der Waals surface area contributed by atoms with E-state index >= 15 is 0 Å². The molecule has 0 aliphatic heterocycles. The molecule has 188 valence electrons. The lowest BCUT2D eigenvalue weighted by Gasteiger charge is -2.23. The molecule has 0 radical (unpaired) electrons. The van der Waals surface area contributed by atoms with Gasteiger partial charge in [0.25, 0.3) is 21.8 Å². The monoisotopic (exact) mass is 505 g/mol. The molecular weight excluding hydrogens is 474 g/mol. The van der Waals surface area contributed by atoms with Gasteiger partial charge < -0.3 is 10.6 Å². The first-order chi connectivity index (χ1) is 17.2. The molecule has 1 saturated carbocycles. The Morgan fingerprint density at radius 1 is 0.778 bits per heavy atom. The lowest BCUT2D eigenvalue weighted by atomic mass is 9.95. The molecule has 8 heteroatoms. The van der Waals surface area contributed by atoms with Gasteiger partial charge in [0.1, 0.15) is 0 Å². The van der Waals surface area contributed by atoms with Crippen LogP contribution in [-0.2, 0) is 10.0 Å². The van der Waals surface area contributed by atoms with E-state index in [1.165, 1.54) is 12.5 Å². The molecule has 0 bridgehead atoms. The fraction of sp³-hybridized carbons (Fsp3) is 0.286. The average Bonchev–Trinajstić information content (AvgIpc) is 2.86. The van der Waals surface area contributed by atoms with Crippen LogP contribution in [-0.4, -0.2) is 26.3 Å². The normalized spacial score (nSPS) is 14.2. The second-order valence-electron chi connectivity index (χ2n) is 9.21. The van der Waals surface area contributed by atoms with Crippen LogP contribution in [0, 0.1) is 13.8 Å². The Balaban J connectivity index is 1.55. The molecule has 36 heavy (non-hydrogen) atoms. The third kappa shape index (κ3) is 5.94. The van der Waals surface area contributed by atoms with E-state index in [4.69, 9.17) is 0 Å². The molecule has 0 spiro atoms. The zero-order valence-electron chi connectivity index (χ0n) is 20.5. The SMILES string of the molecule is Cc1ccccc1NS(=O)(=O)c1cc(C(=O)Nc2ccccc2C(=O)NC2CCCCC2)ccc1C. The van der Waals surface area contributed by atoms with E-state index in [1.807, 2.05) is 19.1 Å². The number of nitrogens with one attached hydrogen (secondary N) is 3. The Bertz CT molecular complexity index is 1380. The fourth-order valence-electron chi connectivity index (χ4n) is 4.41. The molecule has 1 aliphatic rings. The fourth-order valence-corrected chi connectivity index (χ4v) is 5.82. The van der Waals surface area contributed by atoms with E-state index in [0.29, 0.717) is 22.5 Å². The number of hydrogen-bond acceptors (Lipinski definition) is 4. The van der Waals surface area contributed by atoms with Gasteiger partial charge in [-0.3, -0.25) is 14.3 Å². The van der Waals surface area contributed by atoms with Crippen molar-refractivity contribution in [2.24, 2.45) is 0 Å². The molecule has 3 aromatic carbocycles. The Morgan fingerprint density at radius 2 is 1.44 bits per heavy atom. The summed E-state index contributed by atoms with van der Waals surface area (Å²) in [6, 6.07) is 18.6. The molecule has 0 atom stereocenters. The van der Waals surface area contributed by atoms with Gasteiger partial charge >= 0.3 is 0 Å². The highest BCUT2D eigenvalue weighted by molar-refractivity contribution is 7.92. The number of anilines is 2. The largest absolute Gasteiger partial charge is 0.349 e. The van der Waals surface area contributed by atoms with Gasteiger partial charge in [-0.25, -0.2) is 8.42 Å². The minimum absolute atomic E-state index is 0.0155. The predicted molar refractivity (Wildman–Crippen MR) is 142 cm³/mol. The van der Waals surface area contributed by atoms with E-state index in [2.05, 4.69) is 15.4 Å². The maximum absolute atomic E-state index is 13.1. The minimum Gasteiger partial charge on any atom is -0.349 e. The molecular formula is C28H31N3O4S. The highest BCUT2D eigenvalue weighted by Crippen LogP contribution is 2.24. The van der Waals surface area contributed by atoms with Crippen LogP contribution in [0.3, 0.4) is 0 Å². The summed E-state index contributed by atoms with van der Waals surface area (Å²) in [5.74, 6) is -0.729. The molecule has 3 N–H and O–H groups in total. The van der Waals surface area contributed by atoms with Crippen molar-refractivity contribution in [2.45, 2.75) is 56.9 Å². The summed E-state index contributed by atoms with van der Waals surface area (Å²) in [5.41, 5.74) is 2.70. The second-order valence-corrected chi connectivity index (χ2v) is 10.9. The van der Waals surface area contributed by atoms with E-state index < -0.39 is 15.9 Å². The molecule has 0 heterocycles. The number of benzene rings is 3. The third-order valence-corrected chi connectivity index (χ3v) is 8.00. The molecule has 2 amide bonds. The van der Waals surface area contributed by atoms with Crippen LogP contribution in [0.25, 0.3) is 0 Å². The number of carbonyl (C=O) groups excluding carboxylic acids is 2. The van der Waals surface area contributed by atoms with Crippen LogP contribution in [0.1, 0.15) is 63.9 Å². The van der Waals surface area contributed by atoms with Crippen molar-refractivity contribution >= 4 is 33.2 Å². The van der Waals surface area contributed by atoms with Crippen LogP contribution in [0.5, 0.6) is 0 Å². The van der Waals surface area contributed by atoms with Gasteiger partial charge in [0.2, 0.25) is 0 Å². The van der Waals surface area contributed by atoms with Crippen molar-refractivity contribution in [3.8, 4) is 0 Å². The van der Waals surface area contributed by atoms with Gasteiger partial charge in [0.15, 0.2) is 0 Å². The van der Waals surface area contributed by atoms with Crippen molar-refractivity contribution in [2.75, 3.05) is 10.0 Å². The van der Waals surface area contributed by atoms with Crippen LogP contribution < -0.4 is 15.4 Å². The summed E-state index contributed by atoms with van der Waals surface area (Å²) in [7, 11) is -3.93. The van der Waals surface area contributed by atoms with Crippen molar-refractivity contribution in [1.82, 2.24) is 5.32 Å². The van der Waals surface area contributed by atoms with Gasteiger partial charge in [0, 0.05) is 11.6 Å². The van der Waals surface area contributed by atoms with E-state index in [0.717, 1.165) is 31.2 Å². The van der Waals surface area contributed by atoms with Gasteiger partial charge in [0.05, 0.1) is 21.8 Å². The predicted octanol–water partition coefficient (Wildman–Crippen LogP) is 5.42. The quantitative estimate of drug-likeness (QED) is 0.399. The molecule has 0 saturated heterocycles. The summed E-state index contributed by atoms with van der Waals surface area (Å²) in [4.78, 5) is 26.1. The summed E-state index contributed by atoms with van der Waals surface area (Å²) in [5, 5.41) is 5.86. The lowest BCUT2D eigenvalue weighted by Crippen LogP contribution is -2.36. The Morgan fingerprint density at radius 3 is 2.17 bits per heavy atom. The van der Waals surface area contributed by atoms with Crippen molar-refractivity contribution in [3.63, 3.8) is 0 Å². The van der Waals surface area contributed by atoms with Gasteiger partial charge in [-0.15, -0.1) is 0 Å². The summed E-state index contributed by atoms with van der Waals surface area (Å²) >= 11 is 0. The molecule has 1 aliphatic carbocycles. The standard InChI is InChI=1S/C28H31N3O4S/c1-19-10-6-8-14-24(19)31-36(34,35)26-18-21(17-16-20(26)2)27(32)30-25-15-9-7-13-23(25)28(33)29-22-11-4-3-5-12-22/h6-10,13-18,22,31H,3-5,11-12H2,1-2H3,(H,29,33)(H,30,32). The highest BCUT2D eigenvalue weighted by Gasteiger charge is 2.22. The number of hydrogen-bond donors (Lipinski definition) is 3. The smallest absolute Gasteiger partial charge is 0.262 e. The van der Waals surface area contributed by atoms with Crippen LogP contribution in [0.2, 0.25) is 0 Å². The zero-order valence-corrected chi connectivity index (χ0v) is 21.3. The minimum atomic E-state index is -3.93. The first-order valence-electron chi connectivity index (χ1n) is 12.1. The average molecular weight is 506 g/mol. The number of aryl methyl sites for hydroxylation is 2. The van der Waals surface area contributed by atoms with Gasteiger partial charge in [-0.2, -0.15) is 0 Å². The molecule has 7 nitrogen and oxygen atoms in total. The Labute approximate surface area is 212 Å². The number of amides is 2. The lowest BCUT2D eigenvalue weighted by molar-refractivity contribution is 0.0928. The number of rotatable bonds is 7. The summed E-state index contributed by atoms with van der Waals surface area (Å²) < 4.78 is 28.9. The van der Waals surface area contributed by atoms with Crippen LogP contribution in [0.15, 0.2) is 71.6 Å². The molecule has 4 rings (SSSR count). The van der Waals surface area contributed by atoms with Crippen molar-refractivity contribution < 1.29 is 18.0 Å². The third-order valence-electron chi connectivity index (χ3n) is 6.49. The highest BCUT2D eigenvalue weighted by atomic mass is 32.2. The summed E-state index contributed by atoms with van der Waals surface area (Å²) in [6.07, 6.45) is 5.30. The Kier molecular flexibility index (Phi) is 7.74. The molecule has 0 unspecified atom stereocenters. The van der Waals surface area contributed by atoms with E-state index in [1.54, 1.807) is 55.5 Å². The van der Waals surface area contributed by atoms with Crippen molar-refractivity contribution in [3.05, 3.63) is 89.0 Å².